The van der Waals surface area contributed by atoms with E-state index in [9.17, 15) is 0 Å². The zero-order valence-corrected chi connectivity index (χ0v) is 13.7. The van der Waals surface area contributed by atoms with Gasteiger partial charge in [0.2, 0.25) is 0 Å². The smallest absolute Gasteiger partial charge is 0.138 e. The molecule has 0 N–H and O–H groups in total. The highest BCUT2D eigenvalue weighted by molar-refractivity contribution is 9.10. The van der Waals surface area contributed by atoms with Crippen LogP contribution in [0.3, 0.4) is 0 Å². The molecule has 0 aliphatic heterocycles. The molecule has 0 atom stereocenters. The molecule has 0 heterocycles. The SMILES string of the molecule is ClCc1cccc(Br)c1OCc1cccc2ccccc12. The van der Waals surface area contributed by atoms with E-state index >= 15 is 0 Å². The van der Waals surface area contributed by atoms with Crippen LogP contribution in [-0.4, -0.2) is 0 Å². The van der Waals surface area contributed by atoms with Crippen molar-refractivity contribution in [3.05, 3.63) is 76.3 Å². The highest BCUT2D eigenvalue weighted by Gasteiger charge is 2.08. The fraction of sp³-hybridized carbons (Fsp3) is 0.111. The molecular formula is C18H14BrClO. The minimum Gasteiger partial charge on any atom is -0.487 e. The molecule has 0 bridgehead atoms. The molecule has 0 aliphatic rings. The summed E-state index contributed by atoms with van der Waals surface area (Å²) < 4.78 is 6.95. The van der Waals surface area contributed by atoms with Crippen LogP contribution >= 0.6 is 27.5 Å². The third-order valence-electron chi connectivity index (χ3n) is 3.44. The molecule has 0 unspecified atom stereocenters. The fourth-order valence-electron chi connectivity index (χ4n) is 2.39. The minimum absolute atomic E-state index is 0.435. The number of benzene rings is 3. The van der Waals surface area contributed by atoms with Gasteiger partial charge in [-0.15, -0.1) is 11.6 Å². The van der Waals surface area contributed by atoms with Crippen molar-refractivity contribution in [3.63, 3.8) is 0 Å². The van der Waals surface area contributed by atoms with Gasteiger partial charge >= 0.3 is 0 Å². The Morgan fingerprint density at radius 2 is 1.57 bits per heavy atom. The first-order valence-electron chi connectivity index (χ1n) is 6.72. The molecule has 0 aromatic heterocycles. The summed E-state index contributed by atoms with van der Waals surface area (Å²) >= 11 is 9.51. The highest BCUT2D eigenvalue weighted by atomic mass is 79.9. The molecule has 3 heteroatoms. The molecule has 1 nitrogen and oxygen atoms in total. The van der Waals surface area contributed by atoms with Gasteiger partial charge in [0.1, 0.15) is 12.4 Å². The lowest BCUT2D eigenvalue weighted by molar-refractivity contribution is 0.303. The van der Waals surface area contributed by atoms with Crippen molar-refractivity contribution in [2.45, 2.75) is 12.5 Å². The molecule has 0 amide bonds. The molecule has 3 aromatic carbocycles. The van der Waals surface area contributed by atoms with Gasteiger partial charge in [0.25, 0.3) is 0 Å². The standard InChI is InChI=1S/C18H14BrClO/c19-17-10-4-7-14(11-20)18(17)21-12-15-8-3-6-13-5-1-2-9-16(13)15/h1-10H,11-12H2. The molecule has 0 saturated carbocycles. The van der Waals surface area contributed by atoms with Gasteiger partial charge in [-0.05, 0) is 38.3 Å². The number of hydrogen-bond acceptors (Lipinski definition) is 1. The molecule has 106 valence electrons. The van der Waals surface area contributed by atoms with Crippen LogP contribution in [0, 0.1) is 0 Å². The number of hydrogen-bond donors (Lipinski definition) is 0. The van der Waals surface area contributed by atoms with Crippen molar-refractivity contribution in [2.75, 3.05) is 0 Å². The quantitative estimate of drug-likeness (QED) is 0.524. The van der Waals surface area contributed by atoms with E-state index in [0.29, 0.717) is 12.5 Å². The van der Waals surface area contributed by atoms with Crippen LogP contribution in [0.25, 0.3) is 10.8 Å². The van der Waals surface area contributed by atoms with Crippen molar-refractivity contribution in [1.29, 1.82) is 0 Å². The van der Waals surface area contributed by atoms with Crippen LogP contribution in [0.1, 0.15) is 11.1 Å². The van der Waals surface area contributed by atoms with Gasteiger partial charge in [-0.3, -0.25) is 0 Å². The maximum atomic E-state index is 6.02. The number of fused-ring (bicyclic) bond motifs is 1. The zero-order valence-electron chi connectivity index (χ0n) is 11.4. The van der Waals surface area contributed by atoms with Crippen molar-refractivity contribution in [2.24, 2.45) is 0 Å². The molecule has 0 saturated heterocycles. The lowest BCUT2D eigenvalue weighted by Crippen LogP contribution is -1.99. The largest absolute Gasteiger partial charge is 0.487 e. The topological polar surface area (TPSA) is 9.23 Å². The summed E-state index contributed by atoms with van der Waals surface area (Å²) in [6.45, 7) is 0.522. The lowest BCUT2D eigenvalue weighted by Gasteiger charge is -2.13. The number of halogens is 2. The molecule has 0 fully saturated rings. The van der Waals surface area contributed by atoms with Gasteiger partial charge in [0.15, 0.2) is 0 Å². The summed E-state index contributed by atoms with van der Waals surface area (Å²) in [5, 5.41) is 2.45. The first-order chi connectivity index (χ1) is 10.3. The minimum atomic E-state index is 0.435. The first-order valence-corrected chi connectivity index (χ1v) is 8.05. The van der Waals surface area contributed by atoms with Gasteiger partial charge in [-0.25, -0.2) is 0 Å². The van der Waals surface area contributed by atoms with Crippen molar-refractivity contribution >= 4 is 38.3 Å². The Morgan fingerprint density at radius 1 is 0.857 bits per heavy atom. The Morgan fingerprint density at radius 3 is 2.43 bits per heavy atom. The lowest BCUT2D eigenvalue weighted by atomic mass is 10.1. The van der Waals surface area contributed by atoms with Gasteiger partial charge in [0.05, 0.1) is 10.4 Å². The number of para-hydroxylation sites is 1. The normalized spacial score (nSPS) is 10.8. The van der Waals surface area contributed by atoms with Crippen LogP contribution in [-0.2, 0) is 12.5 Å². The number of ether oxygens (including phenoxy) is 1. The second-order valence-electron chi connectivity index (χ2n) is 4.79. The average molecular weight is 362 g/mol. The van der Waals surface area contributed by atoms with Crippen molar-refractivity contribution < 1.29 is 4.74 Å². The summed E-state index contributed by atoms with van der Waals surface area (Å²) in [6.07, 6.45) is 0. The summed E-state index contributed by atoms with van der Waals surface area (Å²) in [7, 11) is 0. The first kappa shape index (κ1) is 14.4. The Balaban J connectivity index is 1.91. The highest BCUT2D eigenvalue weighted by Crippen LogP contribution is 2.31. The van der Waals surface area contributed by atoms with Gasteiger partial charge in [-0.1, -0.05) is 54.6 Å². The Labute approximate surface area is 137 Å². The maximum Gasteiger partial charge on any atom is 0.138 e. The predicted octanol–water partition coefficient (Wildman–Crippen LogP) is 5.92. The Bertz CT molecular complexity index is 765. The van der Waals surface area contributed by atoms with Gasteiger partial charge < -0.3 is 4.74 Å². The third-order valence-corrected chi connectivity index (χ3v) is 4.36. The van der Waals surface area contributed by atoms with Gasteiger partial charge in [0, 0.05) is 5.56 Å². The van der Waals surface area contributed by atoms with E-state index in [2.05, 4.69) is 52.3 Å². The van der Waals surface area contributed by atoms with Gasteiger partial charge in [-0.2, -0.15) is 0 Å². The zero-order chi connectivity index (χ0) is 14.7. The van der Waals surface area contributed by atoms with E-state index in [1.807, 2.05) is 24.3 Å². The van der Waals surface area contributed by atoms with E-state index in [0.717, 1.165) is 15.8 Å². The summed E-state index contributed by atoms with van der Waals surface area (Å²) in [6, 6.07) is 20.5. The molecular weight excluding hydrogens is 348 g/mol. The van der Waals surface area contributed by atoms with E-state index < -0.39 is 0 Å². The van der Waals surface area contributed by atoms with Crippen LogP contribution in [0.2, 0.25) is 0 Å². The van der Waals surface area contributed by atoms with Crippen LogP contribution < -0.4 is 4.74 Å². The monoisotopic (exact) mass is 360 g/mol. The van der Waals surface area contributed by atoms with Crippen LogP contribution in [0.4, 0.5) is 0 Å². The fourth-order valence-corrected chi connectivity index (χ4v) is 3.12. The van der Waals surface area contributed by atoms with E-state index in [4.69, 9.17) is 16.3 Å². The second-order valence-corrected chi connectivity index (χ2v) is 5.91. The van der Waals surface area contributed by atoms with Crippen molar-refractivity contribution in [1.82, 2.24) is 0 Å². The molecule has 0 aliphatic carbocycles. The molecule has 3 rings (SSSR count). The van der Waals surface area contributed by atoms with E-state index in [1.54, 1.807) is 0 Å². The summed E-state index contributed by atoms with van der Waals surface area (Å²) in [5.74, 6) is 1.25. The number of rotatable bonds is 4. The van der Waals surface area contributed by atoms with Crippen molar-refractivity contribution in [3.8, 4) is 5.75 Å². The molecule has 0 spiro atoms. The Kier molecular flexibility index (Phi) is 4.47. The molecule has 21 heavy (non-hydrogen) atoms. The Hall–Kier alpha value is -1.51. The molecule has 3 aromatic rings. The third kappa shape index (κ3) is 3.07. The van der Waals surface area contributed by atoms with Crippen LogP contribution in [0.15, 0.2) is 65.1 Å². The second kappa shape index (κ2) is 6.50. The summed E-state index contributed by atoms with van der Waals surface area (Å²) in [5.41, 5.74) is 2.16. The maximum absolute atomic E-state index is 6.02. The summed E-state index contributed by atoms with van der Waals surface area (Å²) in [4.78, 5) is 0. The van der Waals surface area contributed by atoms with E-state index in [1.165, 1.54) is 16.3 Å². The predicted molar refractivity (Wildman–Crippen MR) is 92.0 cm³/mol. The van der Waals surface area contributed by atoms with Crippen LogP contribution in [0.5, 0.6) is 5.75 Å². The average Bonchev–Trinajstić information content (AvgIpc) is 2.53. The number of alkyl halides is 1. The molecule has 0 radical (unpaired) electrons. The van der Waals surface area contributed by atoms with E-state index in [-0.39, 0.29) is 0 Å².